The Hall–Kier alpha value is 0.280. The Kier molecular flexibility index (Phi) is 8.75. The van der Waals surface area contributed by atoms with Crippen molar-refractivity contribution in [1.82, 2.24) is 0 Å². The summed E-state index contributed by atoms with van der Waals surface area (Å²) in [6, 6.07) is 0. The molecule has 0 heterocycles. The van der Waals surface area contributed by atoms with Gasteiger partial charge in [-0.25, -0.2) is 5.26 Å². The predicted molar refractivity (Wildman–Crippen MR) is 35.3 cm³/mol. The molecule has 14 heteroatoms. The molecule has 0 aliphatic heterocycles. The van der Waals surface area contributed by atoms with Crippen molar-refractivity contribution in [3.63, 3.8) is 0 Å². The average Bonchev–Trinajstić information content (AvgIpc) is 2.08. The molecular formula is HIO12S. The van der Waals surface area contributed by atoms with Crippen LogP contribution in [0.5, 0.6) is 0 Å². The summed E-state index contributed by atoms with van der Waals surface area (Å²) in [5.74, 6) is 0. The van der Waals surface area contributed by atoms with Gasteiger partial charge in [0.05, 0.1) is 0 Å². The van der Waals surface area contributed by atoms with Gasteiger partial charge in [0.25, 0.3) is 0 Å². The quantitative estimate of drug-likeness (QED) is 0.190. The van der Waals surface area contributed by atoms with Crippen LogP contribution in [0.3, 0.4) is 0 Å². The van der Waals surface area contributed by atoms with Gasteiger partial charge in [0.15, 0.2) is 0 Å². The molecule has 1 N–H and O–H groups in total. The van der Waals surface area contributed by atoms with Gasteiger partial charge in [0.1, 0.15) is 21.2 Å². The van der Waals surface area contributed by atoms with Crippen LogP contribution < -0.4 is 0 Å². The highest BCUT2D eigenvalue weighted by Crippen LogP contribution is 2.03. The minimum absolute atomic E-state index is 0.884. The van der Waals surface area contributed by atoms with Gasteiger partial charge in [-0.3, -0.25) is 0 Å². The lowest BCUT2D eigenvalue weighted by Gasteiger charge is -1.96. The van der Waals surface area contributed by atoms with Crippen LogP contribution in [-0.4, -0.2) is 13.7 Å². The summed E-state index contributed by atoms with van der Waals surface area (Å²) in [5, 5.41) is 33.7. The molecule has 0 radical (unpaired) electrons. The monoisotopic (exact) mass is 352 g/mol. The Balaban J connectivity index is 3.07. The van der Waals surface area contributed by atoms with E-state index in [9.17, 15) is 8.42 Å². The highest BCUT2D eigenvalue weighted by atomic mass is 127. The fraction of sp³-hybridized carbons (Fsp3) is 0. The molecule has 0 atom stereocenters. The number of hydrogen-bond acceptors (Lipinski definition) is 12. The van der Waals surface area contributed by atoms with Crippen molar-refractivity contribution >= 4 is 28.5 Å². The molecule has 0 saturated carbocycles. The van der Waals surface area contributed by atoms with E-state index in [4.69, 9.17) is 5.26 Å². The van der Waals surface area contributed by atoms with Gasteiger partial charge in [-0.15, -0.1) is 0 Å². The zero-order valence-electron chi connectivity index (χ0n) is 5.72. The first-order chi connectivity index (χ1) is 6.56. The maximum Gasteiger partial charge on any atom is 0.349 e. The zero-order chi connectivity index (χ0) is 10.9. The summed E-state index contributed by atoms with van der Waals surface area (Å²) < 4.78 is 23.8. The molecule has 0 bridgehead atoms. The van der Waals surface area contributed by atoms with E-state index in [1.54, 1.807) is 0 Å². The van der Waals surface area contributed by atoms with Crippen LogP contribution in [0.4, 0.5) is 0 Å². The molecule has 0 spiro atoms. The Morgan fingerprint density at radius 1 is 0.857 bits per heavy atom. The van der Waals surface area contributed by atoms with Crippen LogP contribution in [0.1, 0.15) is 0 Å². The summed E-state index contributed by atoms with van der Waals surface area (Å²) in [7, 11) is -3.89. The zero-order valence-corrected chi connectivity index (χ0v) is 8.70. The van der Waals surface area contributed by atoms with Crippen molar-refractivity contribution in [3.8, 4) is 0 Å². The average molecular weight is 352 g/mol. The molecule has 86 valence electrons. The van der Waals surface area contributed by atoms with E-state index in [1.807, 2.05) is 0 Å². The van der Waals surface area contributed by atoms with Crippen molar-refractivity contribution in [2.45, 2.75) is 0 Å². The van der Waals surface area contributed by atoms with Crippen LogP contribution in [0.25, 0.3) is 0 Å². The van der Waals surface area contributed by atoms with Gasteiger partial charge in [-0.2, -0.15) is 8.42 Å². The van der Waals surface area contributed by atoms with Crippen molar-refractivity contribution in [1.29, 1.82) is 0 Å². The molecule has 0 aromatic carbocycles. The standard InChI is InChI=1S/HIO12S/c1-14(3,4)13-12-11-10-9-8-7-6-5-2/h2H. The normalized spacial score (nSPS) is 11.9. The fourth-order valence-electron chi connectivity index (χ4n) is 0.114. The molecule has 0 aromatic heterocycles. The number of halogens is 1. The minimum atomic E-state index is -3.89. The highest BCUT2D eigenvalue weighted by molar-refractivity contribution is 14.2. The van der Waals surface area contributed by atoms with Gasteiger partial charge in [0, 0.05) is 0 Å². The van der Waals surface area contributed by atoms with Crippen molar-refractivity contribution in [3.05, 3.63) is 0 Å². The molecule has 0 aromatic rings. The third-order valence-electron chi connectivity index (χ3n) is 0.306. The minimum Gasteiger partial charge on any atom is -0.219 e. The van der Waals surface area contributed by atoms with E-state index in [0.29, 0.717) is 0 Å². The Labute approximate surface area is 87.1 Å². The van der Waals surface area contributed by atoms with Crippen molar-refractivity contribution in [2.24, 2.45) is 0 Å². The first-order valence-corrected chi connectivity index (χ1v) is 6.12. The van der Waals surface area contributed by atoms with Gasteiger partial charge in [-0.1, -0.05) is 4.33 Å². The van der Waals surface area contributed by atoms with Crippen molar-refractivity contribution < 1.29 is 58.3 Å². The van der Waals surface area contributed by atoms with Crippen molar-refractivity contribution in [2.75, 3.05) is 0 Å². The summed E-state index contributed by atoms with van der Waals surface area (Å²) in [6.07, 6.45) is 0. The van der Waals surface area contributed by atoms with E-state index < -0.39 is 7.29 Å². The largest absolute Gasteiger partial charge is 0.349 e. The van der Waals surface area contributed by atoms with Crippen LogP contribution in [-0.2, 0) is 51.9 Å². The smallest absolute Gasteiger partial charge is 0.219 e. The second-order valence-corrected chi connectivity index (χ2v) is 5.17. The molecule has 0 aliphatic carbocycles. The van der Waals surface area contributed by atoms with Gasteiger partial charge in [-0.05, 0) is 40.3 Å². The first kappa shape index (κ1) is 14.3. The third kappa shape index (κ3) is 12.3. The van der Waals surface area contributed by atoms with Gasteiger partial charge < -0.3 is 0 Å². The number of hydrogen-bond donors (Lipinski definition) is 1. The van der Waals surface area contributed by atoms with E-state index in [2.05, 4.69) is 44.6 Å². The summed E-state index contributed by atoms with van der Waals surface area (Å²) in [4.78, 5) is 0. The maximum absolute atomic E-state index is 10.1. The topological polar surface area (TPSA) is 137 Å². The molecule has 0 fully saturated rings. The van der Waals surface area contributed by atoms with E-state index in [1.165, 1.54) is 0 Å². The molecule has 0 unspecified atom stereocenters. The predicted octanol–water partition coefficient (Wildman–Crippen LogP) is -0.391. The Morgan fingerprint density at radius 2 is 1.29 bits per heavy atom. The Bertz CT molecular complexity index is 204. The molecule has 0 amide bonds. The Morgan fingerprint density at radius 3 is 1.71 bits per heavy atom. The van der Waals surface area contributed by atoms with E-state index in [0.717, 1.165) is 21.2 Å². The molecule has 0 aliphatic rings. The highest BCUT2D eigenvalue weighted by Gasteiger charge is 2.06. The van der Waals surface area contributed by atoms with Gasteiger partial charge >= 0.3 is 7.29 Å². The summed E-state index contributed by atoms with van der Waals surface area (Å²) in [5.41, 5.74) is 0. The van der Waals surface area contributed by atoms with Crippen LogP contribution in [0.2, 0.25) is 0 Å². The lowest BCUT2D eigenvalue weighted by molar-refractivity contribution is -0.840. The number of rotatable bonds is 9. The van der Waals surface area contributed by atoms with E-state index >= 15 is 0 Å². The summed E-state index contributed by atoms with van der Waals surface area (Å²) in [6.45, 7) is 0. The second kappa shape index (κ2) is 8.58. The SMILES string of the molecule is O=S(=O)(I)OOOOOOOOOO. The lowest BCUT2D eigenvalue weighted by Crippen LogP contribution is -2.03. The first-order valence-electron chi connectivity index (χ1n) is 2.17. The molecule has 14 heavy (non-hydrogen) atoms. The van der Waals surface area contributed by atoms with Gasteiger partial charge in [0.2, 0.25) is 0 Å². The molecule has 0 rings (SSSR count). The molecular weight excluding hydrogens is 351 g/mol. The maximum atomic E-state index is 10.1. The van der Waals surface area contributed by atoms with Crippen LogP contribution >= 0.6 is 21.2 Å². The molecule has 12 nitrogen and oxygen atoms in total. The van der Waals surface area contributed by atoms with Crippen LogP contribution in [0, 0.1) is 0 Å². The molecule has 0 saturated heterocycles. The summed E-state index contributed by atoms with van der Waals surface area (Å²) >= 11 is 0.884. The fourth-order valence-corrected chi connectivity index (χ4v) is 0.382. The third-order valence-corrected chi connectivity index (χ3v) is 0.965. The lowest BCUT2D eigenvalue weighted by atomic mass is 14.1. The van der Waals surface area contributed by atoms with Crippen LogP contribution in [0.15, 0.2) is 0 Å². The van der Waals surface area contributed by atoms with E-state index in [-0.39, 0.29) is 0 Å². The second-order valence-electron chi connectivity index (χ2n) is 1.01.